The molecular formula is C19H17FN4O2. The molecule has 0 saturated heterocycles. The molecule has 1 amide bonds. The number of aryl methyl sites for hydroxylation is 1. The van der Waals surface area contributed by atoms with Crippen molar-refractivity contribution in [2.45, 2.75) is 6.92 Å². The zero-order valence-electron chi connectivity index (χ0n) is 14.3. The van der Waals surface area contributed by atoms with E-state index >= 15 is 0 Å². The number of hydrogen-bond acceptors (Lipinski definition) is 5. The number of methoxy groups -OCH3 is 1. The van der Waals surface area contributed by atoms with Crippen LogP contribution in [0.3, 0.4) is 0 Å². The van der Waals surface area contributed by atoms with Crippen molar-refractivity contribution in [2.24, 2.45) is 0 Å². The molecule has 0 spiro atoms. The van der Waals surface area contributed by atoms with Crippen molar-refractivity contribution in [3.63, 3.8) is 0 Å². The van der Waals surface area contributed by atoms with Gasteiger partial charge in [-0.3, -0.25) is 4.79 Å². The molecule has 0 aliphatic heterocycles. The van der Waals surface area contributed by atoms with Crippen molar-refractivity contribution in [3.8, 4) is 5.75 Å². The van der Waals surface area contributed by atoms with E-state index in [1.54, 1.807) is 19.2 Å². The Balaban J connectivity index is 1.70. The molecule has 2 aromatic carbocycles. The van der Waals surface area contributed by atoms with Gasteiger partial charge in [-0.1, -0.05) is 6.07 Å². The van der Waals surface area contributed by atoms with Gasteiger partial charge in [-0.15, -0.1) is 10.2 Å². The zero-order chi connectivity index (χ0) is 18.5. The lowest BCUT2D eigenvalue weighted by atomic mass is 10.2. The number of rotatable bonds is 5. The first-order valence-corrected chi connectivity index (χ1v) is 7.87. The highest BCUT2D eigenvalue weighted by Gasteiger charge is 2.09. The van der Waals surface area contributed by atoms with Crippen LogP contribution in [0.4, 0.5) is 21.7 Å². The largest absolute Gasteiger partial charge is 0.495 e. The first kappa shape index (κ1) is 17.3. The normalized spacial score (nSPS) is 10.3. The number of hydrogen-bond donors (Lipinski definition) is 2. The number of nitrogens with zero attached hydrogens (tertiary/aromatic N) is 2. The number of anilines is 3. The van der Waals surface area contributed by atoms with Crippen molar-refractivity contribution in [1.82, 2.24) is 10.2 Å². The summed E-state index contributed by atoms with van der Waals surface area (Å²) >= 11 is 0. The third kappa shape index (κ3) is 4.13. The predicted molar refractivity (Wildman–Crippen MR) is 97.4 cm³/mol. The maximum absolute atomic E-state index is 12.9. The maximum atomic E-state index is 12.9. The average Bonchev–Trinajstić information content (AvgIpc) is 2.64. The summed E-state index contributed by atoms with van der Waals surface area (Å²) in [6.45, 7) is 1.98. The predicted octanol–water partition coefficient (Wildman–Crippen LogP) is 3.93. The van der Waals surface area contributed by atoms with Gasteiger partial charge in [0.15, 0.2) is 11.6 Å². The van der Waals surface area contributed by atoms with Gasteiger partial charge in [-0.2, -0.15) is 0 Å². The first-order chi connectivity index (χ1) is 12.5. The molecule has 7 heteroatoms. The minimum absolute atomic E-state index is 0.293. The number of nitrogens with one attached hydrogen (secondary N) is 2. The fraction of sp³-hybridized carbons (Fsp3) is 0.105. The van der Waals surface area contributed by atoms with E-state index in [0.29, 0.717) is 22.9 Å². The lowest BCUT2D eigenvalue weighted by Gasteiger charge is -2.11. The molecule has 26 heavy (non-hydrogen) atoms. The van der Waals surface area contributed by atoms with Gasteiger partial charge < -0.3 is 15.4 Å². The van der Waals surface area contributed by atoms with Crippen molar-refractivity contribution < 1.29 is 13.9 Å². The summed E-state index contributed by atoms with van der Waals surface area (Å²) in [4.78, 5) is 12.1. The highest BCUT2D eigenvalue weighted by Crippen LogP contribution is 2.27. The van der Waals surface area contributed by atoms with E-state index in [1.807, 2.05) is 25.1 Å². The average molecular weight is 352 g/mol. The zero-order valence-corrected chi connectivity index (χ0v) is 14.3. The van der Waals surface area contributed by atoms with Gasteiger partial charge in [-0.25, -0.2) is 4.39 Å². The summed E-state index contributed by atoms with van der Waals surface area (Å²) in [6.07, 6.45) is 0. The van der Waals surface area contributed by atoms with E-state index in [-0.39, 0.29) is 5.91 Å². The van der Waals surface area contributed by atoms with E-state index < -0.39 is 5.82 Å². The molecule has 6 nitrogen and oxygen atoms in total. The van der Waals surface area contributed by atoms with Gasteiger partial charge in [0.25, 0.3) is 5.91 Å². The number of amides is 1. The molecule has 0 aliphatic rings. The van der Waals surface area contributed by atoms with E-state index in [1.165, 1.54) is 24.3 Å². The molecule has 3 rings (SSSR count). The molecule has 0 radical (unpaired) electrons. The van der Waals surface area contributed by atoms with Gasteiger partial charge in [0.1, 0.15) is 11.6 Å². The van der Waals surface area contributed by atoms with Crippen LogP contribution in [0.15, 0.2) is 54.6 Å². The molecule has 0 bridgehead atoms. The smallest absolute Gasteiger partial charge is 0.256 e. The Bertz CT molecular complexity index is 912. The van der Waals surface area contributed by atoms with Crippen molar-refractivity contribution in [3.05, 3.63) is 71.5 Å². The van der Waals surface area contributed by atoms with Gasteiger partial charge in [0, 0.05) is 5.56 Å². The minimum Gasteiger partial charge on any atom is -0.495 e. The quantitative estimate of drug-likeness (QED) is 0.728. The molecule has 1 aromatic heterocycles. The fourth-order valence-corrected chi connectivity index (χ4v) is 2.31. The summed E-state index contributed by atoms with van der Waals surface area (Å²) in [5, 5.41) is 13.8. The van der Waals surface area contributed by atoms with E-state index in [4.69, 9.17) is 4.74 Å². The summed E-state index contributed by atoms with van der Waals surface area (Å²) in [6, 6.07) is 14.3. The van der Waals surface area contributed by atoms with Crippen LogP contribution >= 0.6 is 0 Å². The number of aromatic nitrogens is 2. The van der Waals surface area contributed by atoms with Crippen LogP contribution in [0.1, 0.15) is 15.9 Å². The third-order valence-electron chi connectivity index (χ3n) is 3.63. The van der Waals surface area contributed by atoms with Crippen molar-refractivity contribution in [2.75, 3.05) is 17.7 Å². The number of carbonyl (C=O) groups is 1. The van der Waals surface area contributed by atoms with E-state index in [0.717, 1.165) is 11.3 Å². The Morgan fingerprint density at radius 1 is 1.00 bits per heavy atom. The molecule has 0 aliphatic carbocycles. The third-order valence-corrected chi connectivity index (χ3v) is 3.63. The molecule has 1 heterocycles. The summed E-state index contributed by atoms with van der Waals surface area (Å²) in [7, 11) is 1.59. The van der Waals surface area contributed by atoms with Gasteiger partial charge in [0.2, 0.25) is 0 Å². The summed E-state index contributed by atoms with van der Waals surface area (Å²) < 4.78 is 18.2. The molecule has 0 fully saturated rings. The second kappa shape index (κ2) is 7.60. The van der Waals surface area contributed by atoms with Crippen molar-refractivity contribution in [1.29, 1.82) is 0 Å². The molecule has 0 saturated carbocycles. The Labute approximate surface area is 150 Å². The molecule has 0 unspecified atom stereocenters. The summed E-state index contributed by atoms with van der Waals surface area (Å²) in [5.74, 6) is 0.699. The second-order valence-electron chi connectivity index (χ2n) is 5.59. The minimum atomic E-state index is -0.400. The molecule has 2 N–H and O–H groups in total. The molecule has 132 valence electrons. The molecule has 3 aromatic rings. The number of halogens is 1. The van der Waals surface area contributed by atoms with Crippen LogP contribution in [0.25, 0.3) is 0 Å². The van der Waals surface area contributed by atoms with Crippen LogP contribution in [0.5, 0.6) is 5.75 Å². The topological polar surface area (TPSA) is 76.1 Å². The summed E-state index contributed by atoms with van der Waals surface area (Å²) in [5.41, 5.74) is 2.18. The van der Waals surface area contributed by atoms with Crippen LogP contribution in [0, 0.1) is 12.7 Å². The van der Waals surface area contributed by atoms with E-state index in [9.17, 15) is 9.18 Å². The standard InChI is InChI=1S/C19H17FN4O2/c1-12-3-8-16(26-2)15(11-12)21-17-9-10-18(24-23-17)22-19(25)13-4-6-14(20)7-5-13/h3-11H,1-2H3,(H,21,23)(H,22,24,25). The van der Waals surface area contributed by atoms with E-state index in [2.05, 4.69) is 20.8 Å². The highest BCUT2D eigenvalue weighted by atomic mass is 19.1. The number of benzene rings is 2. The molecule has 0 atom stereocenters. The lowest BCUT2D eigenvalue weighted by molar-refractivity contribution is 0.102. The van der Waals surface area contributed by atoms with Crippen LogP contribution in [-0.4, -0.2) is 23.2 Å². The van der Waals surface area contributed by atoms with Crippen molar-refractivity contribution >= 4 is 23.2 Å². The number of carbonyl (C=O) groups excluding carboxylic acids is 1. The van der Waals surface area contributed by atoms with Gasteiger partial charge >= 0.3 is 0 Å². The van der Waals surface area contributed by atoms with Gasteiger partial charge in [0.05, 0.1) is 12.8 Å². The maximum Gasteiger partial charge on any atom is 0.256 e. The Kier molecular flexibility index (Phi) is 5.07. The first-order valence-electron chi connectivity index (χ1n) is 7.87. The van der Waals surface area contributed by atoms with Crippen LogP contribution in [-0.2, 0) is 0 Å². The molecular weight excluding hydrogens is 335 g/mol. The monoisotopic (exact) mass is 352 g/mol. The Morgan fingerprint density at radius 2 is 1.69 bits per heavy atom. The second-order valence-corrected chi connectivity index (χ2v) is 5.59. The van der Waals surface area contributed by atoms with Gasteiger partial charge in [-0.05, 0) is 61.0 Å². The van der Waals surface area contributed by atoms with Crippen LogP contribution in [0.2, 0.25) is 0 Å². The Hall–Kier alpha value is -3.48. The Morgan fingerprint density at radius 3 is 2.35 bits per heavy atom. The number of ether oxygens (including phenoxy) is 1. The lowest BCUT2D eigenvalue weighted by Crippen LogP contribution is -2.13. The SMILES string of the molecule is COc1ccc(C)cc1Nc1ccc(NC(=O)c2ccc(F)cc2)nn1. The fourth-order valence-electron chi connectivity index (χ4n) is 2.31. The highest BCUT2D eigenvalue weighted by molar-refractivity contribution is 6.03. The van der Waals surface area contributed by atoms with Crippen LogP contribution < -0.4 is 15.4 Å².